The fourth-order valence-electron chi connectivity index (χ4n) is 1.12. The molecule has 96 valence electrons. The highest BCUT2D eigenvalue weighted by atomic mass is 35.5. The highest BCUT2D eigenvalue weighted by Gasteiger charge is 2.39. The van der Waals surface area contributed by atoms with Crippen molar-refractivity contribution in [3.63, 3.8) is 0 Å². The minimum atomic E-state index is -4.80. The highest BCUT2D eigenvalue weighted by Crippen LogP contribution is 2.40. The van der Waals surface area contributed by atoms with Crippen LogP contribution in [-0.4, -0.2) is 10.5 Å². The molecule has 1 nitrogen and oxygen atoms in total. The van der Waals surface area contributed by atoms with E-state index in [9.17, 15) is 22.0 Å². The lowest BCUT2D eigenvalue weighted by Gasteiger charge is -2.18. The molecule has 0 saturated heterocycles. The van der Waals surface area contributed by atoms with Gasteiger partial charge in [0.1, 0.15) is 0 Å². The first-order valence-electron chi connectivity index (χ1n) is 4.15. The van der Waals surface area contributed by atoms with Gasteiger partial charge in [-0.1, -0.05) is 17.7 Å². The molecule has 0 saturated carbocycles. The minimum absolute atomic E-state index is 0.337. The number of aliphatic hydroxyl groups is 1. The molecule has 1 N–H and O–H groups in total. The molecule has 8 heteroatoms. The fourth-order valence-corrected chi connectivity index (χ4v) is 1.47. The number of hydrogen-bond acceptors (Lipinski definition) is 1. The van der Waals surface area contributed by atoms with Crippen LogP contribution in [0.25, 0.3) is 0 Å². The number of benzene rings is 1. The Morgan fingerprint density at radius 2 is 1.65 bits per heavy atom. The van der Waals surface area contributed by atoms with Gasteiger partial charge in [0.25, 0.3) is 0 Å². The van der Waals surface area contributed by atoms with Gasteiger partial charge in [0, 0.05) is 0 Å². The Bertz CT molecular complexity index is 413. The van der Waals surface area contributed by atoms with Gasteiger partial charge in [-0.3, -0.25) is 0 Å². The Kier molecular flexibility index (Phi) is 3.91. The van der Waals surface area contributed by atoms with Crippen molar-refractivity contribution in [2.24, 2.45) is 0 Å². The summed E-state index contributed by atoms with van der Waals surface area (Å²) in [6.07, 6.45) is -7.34. The van der Waals surface area contributed by atoms with Gasteiger partial charge in [0.2, 0.25) is 0 Å². The van der Waals surface area contributed by atoms with Crippen molar-refractivity contribution >= 4 is 23.2 Å². The molecule has 0 aromatic heterocycles. The van der Waals surface area contributed by atoms with Crippen LogP contribution in [0.5, 0.6) is 0 Å². The average molecular weight is 295 g/mol. The van der Waals surface area contributed by atoms with Gasteiger partial charge >= 0.3 is 11.6 Å². The van der Waals surface area contributed by atoms with Gasteiger partial charge in [-0.15, -0.1) is 0 Å². The zero-order chi connectivity index (χ0) is 13.4. The molecular weight excluding hydrogens is 290 g/mol. The van der Waals surface area contributed by atoms with E-state index in [-0.39, 0.29) is 0 Å². The van der Waals surface area contributed by atoms with Crippen molar-refractivity contribution in [2.45, 2.75) is 17.7 Å². The number of halogens is 7. The summed E-state index contributed by atoms with van der Waals surface area (Å²) in [5, 5.41) is 4.34. The maximum absolute atomic E-state index is 12.5. The minimum Gasteiger partial charge on any atom is -0.381 e. The van der Waals surface area contributed by atoms with Crippen LogP contribution < -0.4 is 0 Å². The normalized spacial score (nSPS) is 14.8. The first kappa shape index (κ1) is 14.5. The SMILES string of the molecule is OC(c1ccc(Cl)c(C(F)(F)F)c1)C(F)(F)Cl. The zero-order valence-corrected chi connectivity index (χ0v) is 9.41. The lowest BCUT2D eigenvalue weighted by molar-refractivity contribution is -0.137. The van der Waals surface area contributed by atoms with Crippen molar-refractivity contribution in [1.29, 1.82) is 0 Å². The number of aliphatic hydroxyl groups excluding tert-OH is 1. The van der Waals surface area contributed by atoms with Crippen LogP contribution in [0.4, 0.5) is 22.0 Å². The number of alkyl halides is 6. The maximum atomic E-state index is 12.5. The van der Waals surface area contributed by atoms with E-state index in [2.05, 4.69) is 11.6 Å². The van der Waals surface area contributed by atoms with Gasteiger partial charge in [-0.25, -0.2) is 0 Å². The summed E-state index contributed by atoms with van der Waals surface area (Å²) in [6.45, 7) is 0. The lowest BCUT2D eigenvalue weighted by Crippen LogP contribution is -2.19. The molecule has 1 unspecified atom stereocenters. The van der Waals surface area contributed by atoms with Crippen LogP contribution in [0.3, 0.4) is 0 Å². The molecule has 1 aromatic carbocycles. The van der Waals surface area contributed by atoms with E-state index in [1.807, 2.05) is 0 Å². The van der Waals surface area contributed by atoms with E-state index in [1.165, 1.54) is 0 Å². The summed E-state index contributed by atoms with van der Waals surface area (Å²) in [7, 11) is 0. The maximum Gasteiger partial charge on any atom is 0.417 e. The van der Waals surface area contributed by atoms with Gasteiger partial charge in [0.05, 0.1) is 10.6 Å². The molecular formula is C9H5Cl2F5O. The molecule has 0 aliphatic carbocycles. The van der Waals surface area contributed by atoms with E-state index in [0.717, 1.165) is 12.1 Å². The van der Waals surface area contributed by atoms with Crippen molar-refractivity contribution < 1.29 is 27.1 Å². The molecule has 17 heavy (non-hydrogen) atoms. The van der Waals surface area contributed by atoms with Crippen molar-refractivity contribution in [2.75, 3.05) is 0 Å². The van der Waals surface area contributed by atoms with E-state index >= 15 is 0 Å². The predicted octanol–water partition coefficient (Wildman–Crippen LogP) is 4.22. The van der Waals surface area contributed by atoms with Crippen LogP contribution in [0.2, 0.25) is 5.02 Å². The largest absolute Gasteiger partial charge is 0.417 e. The van der Waals surface area contributed by atoms with E-state index < -0.39 is 33.8 Å². The van der Waals surface area contributed by atoms with Crippen LogP contribution in [0.15, 0.2) is 18.2 Å². The highest BCUT2D eigenvalue weighted by molar-refractivity contribution is 6.31. The number of hydrogen-bond donors (Lipinski definition) is 1. The summed E-state index contributed by atoms with van der Waals surface area (Å²) in [4.78, 5) is 0. The van der Waals surface area contributed by atoms with E-state index in [4.69, 9.17) is 16.7 Å². The molecule has 1 atom stereocenters. The first-order valence-corrected chi connectivity index (χ1v) is 4.90. The van der Waals surface area contributed by atoms with Crippen LogP contribution in [0.1, 0.15) is 17.2 Å². The fraction of sp³-hybridized carbons (Fsp3) is 0.333. The molecule has 0 aliphatic heterocycles. The second kappa shape index (κ2) is 4.59. The third-order valence-electron chi connectivity index (χ3n) is 1.92. The Labute approximate surface area is 103 Å². The Hall–Kier alpha value is -0.590. The second-order valence-corrected chi connectivity index (χ2v) is 4.09. The molecule has 1 aromatic rings. The smallest absolute Gasteiger partial charge is 0.381 e. The lowest BCUT2D eigenvalue weighted by atomic mass is 10.1. The molecule has 1 rings (SSSR count). The third-order valence-corrected chi connectivity index (χ3v) is 2.46. The van der Waals surface area contributed by atoms with Gasteiger partial charge < -0.3 is 5.11 Å². The first-order chi connectivity index (χ1) is 7.53. The molecule has 0 bridgehead atoms. The Morgan fingerprint density at radius 3 is 2.06 bits per heavy atom. The quantitative estimate of drug-likeness (QED) is 0.639. The van der Waals surface area contributed by atoms with Gasteiger partial charge in [-0.05, 0) is 29.3 Å². The van der Waals surface area contributed by atoms with Crippen LogP contribution >= 0.6 is 23.2 Å². The summed E-state index contributed by atoms with van der Waals surface area (Å²) < 4.78 is 62.3. The number of rotatable bonds is 2. The molecule has 0 aliphatic rings. The Morgan fingerprint density at radius 1 is 1.12 bits per heavy atom. The Balaban J connectivity index is 3.23. The molecule has 0 fully saturated rings. The van der Waals surface area contributed by atoms with Crippen LogP contribution in [-0.2, 0) is 6.18 Å². The molecule has 0 amide bonds. The van der Waals surface area contributed by atoms with Gasteiger partial charge in [-0.2, -0.15) is 22.0 Å². The predicted molar refractivity (Wildman–Crippen MR) is 52.2 cm³/mol. The zero-order valence-electron chi connectivity index (χ0n) is 7.90. The van der Waals surface area contributed by atoms with Crippen molar-refractivity contribution in [3.8, 4) is 0 Å². The summed E-state index contributed by atoms with van der Waals surface area (Å²) in [6, 6.07) is 1.95. The molecule has 0 radical (unpaired) electrons. The summed E-state index contributed by atoms with van der Waals surface area (Å²) in [5.41, 5.74) is -1.97. The average Bonchev–Trinajstić information content (AvgIpc) is 2.14. The molecule has 0 spiro atoms. The van der Waals surface area contributed by atoms with E-state index in [1.54, 1.807) is 0 Å². The monoisotopic (exact) mass is 294 g/mol. The van der Waals surface area contributed by atoms with Crippen molar-refractivity contribution in [3.05, 3.63) is 34.3 Å². The standard InChI is InChI=1S/C9H5Cl2F5O/c10-6-2-1-4(7(17)8(11,12)13)3-5(6)9(14,15)16/h1-3,7,17H. The summed E-state index contributed by atoms with van der Waals surface area (Å²) >= 11 is 9.80. The summed E-state index contributed by atoms with van der Waals surface area (Å²) in [5.74, 6) is 0. The van der Waals surface area contributed by atoms with Crippen molar-refractivity contribution in [1.82, 2.24) is 0 Å². The third kappa shape index (κ3) is 3.43. The van der Waals surface area contributed by atoms with Gasteiger partial charge in [0.15, 0.2) is 6.10 Å². The molecule has 0 heterocycles. The van der Waals surface area contributed by atoms with E-state index in [0.29, 0.717) is 6.07 Å². The topological polar surface area (TPSA) is 20.2 Å². The second-order valence-electron chi connectivity index (χ2n) is 3.18. The van der Waals surface area contributed by atoms with Crippen LogP contribution in [0, 0.1) is 0 Å².